The van der Waals surface area contributed by atoms with Gasteiger partial charge in [0.1, 0.15) is 11.9 Å². The molecule has 1 fully saturated rings. The van der Waals surface area contributed by atoms with Crippen LogP contribution in [0.2, 0.25) is 20.1 Å². The molecule has 0 bridgehead atoms. The molecular weight excluding hydrogens is 569 g/mol. The van der Waals surface area contributed by atoms with Crippen LogP contribution in [0.4, 0.5) is 10.1 Å². The highest BCUT2D eigenvalue weighted by Gasteiger charge is 2.58. The summed E-state index contributed by atoms with van der Waals surface area (Å²) in [6.45, 7) is 1.74. The fourth-order valence-corrected chi connectivity index (χ4v) is 5.90. The summed E-state index contributed by atoms with van der Waals surface area (Å²) in [5, 5.41) is -0.842. The van der Waals surface area contributed by atoms with E-state index in [9.17, 15) is 18.8 Å². The molecule has 3 amide bonds. The molecule has 0 saturated carbocycles. The SMILES string of the molecule is Cc1ccc(F)cc1N1C(=O)[C@@H](N2C(=O)c3c(Cl)c(Cl)c(Cl)c(Cl)c3C2=O)[C@H]1c1ccc2c(c1)OCO2. The first kappa shape index (κ1) is 24.3. The van der Waals surface area contributed by atoms with Gasteiger partial charge in [0.2, 0.25) is 6.79 Å². The minimum atomic E-state index is -1.29. The quantitative estimate of drug-likeness (QED) is 0.159. The van der Waals surface area contributed by atoms with Gasteiger partial charge in [-0.1, -0.05) is 58.5 Å². The van der Waals surface area contributed by atoms with Crippen molar-refractivity contribution in [2.24, 2.45) is 0 Å². The van der Waals surface area contributed by atoms with E-state index in [4.69, 9.17) is 55.9 Å². The highest BCUT2D eigenvalue weighted by Crippen LogP contribution is 2.50. The Morgan fingerprint density at radius 1 is 0.784 bits per heavy atom. The lowest BCUT2D eigenvalue weighted by Crippen LogP contribution is -2.67. The van der Waals surface area contributed by atoms with E-state index in [-0.39, 0.29) is 38.0 Å². The molecule has 37 heavy (non-hydrogen) atoms. The Hall–Kier alpha value is -3.04. The van der Waals surface area contributed by atoms with Crippen molar-refractivity contribution < 1.29 is 28.2 Å². The van der Waals surface area contributed by atoms with Crippen molar-refractivity contribution in [3.8, 4) is 11.5 Å². The highest BCUT2D eigenvalue weighted by molar-refractivity contribution is 6.55. The first-order valence-electron chi connectivity index (χ1n) is 10.8. The molecule has 3 aromatic rings. The maximum absolute atomic E-state index is 14.2. The summed E-state index contributed by atoms with van der Waals surface area (Å²) in [7, 11) is 0. The predicted molar refractivity (Wildman–Crippen MR) is 135 cm³/mol. The maximum Gasteiger partial charge on any atom is 0.264 e. The molecule has 7 nitrogen and oxygen atoms in total. The van der Waals surface area contributed by atoms with Gasteiger partial charge < -0.3 is 14.4 Å². The summed E-state index contributed by atoms with van der Waals surface area (Å²) < 4.78 is 25.1. The molecule has 0 spiro atoms. The number of hydrogen-bond acceptors (Lipinski definition) is 5. The smallest absolute Gasteiger partial charge is 0.264 e. The molecule has 12 heteroatoms. The van der Waals surface area contributed by atoms with E-state index in [1.54, 1.807) is 25.1 Å². The topological polar surface area (TPSA) is 76.2 Å². The number of amides is 3. The molecule has 0 unspecified atom stereocenters. The number of hydrogen-bond donors (Lipinski definition) is 0. The number of fused-ring (bicyclic) bond motifs is 2. The number of carbonyl (C=O) groups is 3. The minimum Gasteiger partial charge on any atom is -0.454 e. The van der Waals surface area contributed by atoms with Gasteiger partial charge in [-0.05, 0) is 42.3 Å². The zero-order valence-corrected chi connectivity index (χ0v) is 21.7. The molecule has 3 aromatic carbocycles. The van der Waals surface area contributed by atoms with Gasteiger partial charge in [0.15, 0.2) is 11.5 Å². The molecule has 0 N–H and O–H groups in total. The molecule has 0 radical (unpaired) electrons. The van der Waals surface area contributed by atoms with E-state index in [0.29, 0.717) is 28.3 Å². The van der Waals surface area contributed by atoms with Crippen molar-refractivity contribution in [1.29, 1.82) is 0 Å². The Morgan fingerprint density at radius 2 is 1.41 bits per heavy atom. The van der Waals surface area contributed by atoms with Crippen LogP contribution >= 0.6 is 46.4 Å². The summed E-state index contributed by atoms with van der Waals surface area (Å²) in [6.07, 6.45) is 0. The molecule has 3 heterocycles. The Morgan fingerprint density at radius 3 is 2.05 bits per heavy atom. The van der Waals surface area contributed by atoms with Crippen molar-refractivity contribution in [3.63, 3.8) is 0 Å². The van der Waals surface area contributed by atoms with Crippen LogP contribution in [0, 0.1) is 12.7 Å². The number of ether oxygens (including phenoxy) is 2. The summed E-state index contributed by atoms with van der Waals surface area (Å²) in [5.41, 5.74) is 0.975. The van der Waals surface area contributed by atoms with Crippen LogP contribution in [0.3, 0.4) is 0 Å². The Kier molecular flexibility index (Phi) is 5.58. The number of carbonyl (C=O) groups excluding carboxylic acids is 3. The number of benzene rings is 3. The third-order valence-electron chi connectivity index (χ3n) is 6.65. The summed E-state index contributed by atoms with van der Waals surface area (Å²) >= 11 is 24.8. The average Bonchev–Trinajstić information content (AvgIpc) is 3.44. The first-order valence-corrected chi connectivity index (χ1v) is 12.4. The maximum atomic E-state index is 14.2. The van der Waals surface area contributed by atoms with Crippen LogP contribution in [-0.2, 0) is 4.79 Å². The fourth-order valence-electron chi connectivity index (χ4n) is 4.88. The van der Waals surface area contributed by atoms with Crippen LogP contribution in [0.15, 0.2) is 36.4 Å². The van der Waals surface area contributed by atoms with Gasteiger partial charge >= 0.3 is 0 Å². The lowest BCUT2D eigenvalue weighted by atomic mass is 9.85. The molecule has 3 aliphatic rings. The van der Waals surface area contributed by atoms with Crippen LogP contribution < -0.4 is 14.4 Å². The number of anilines is 1. The molecular formula is C25H13Cl4FN2O5. The van der Waals surface area contributed by atoms with E-state index >= 15 is 0 Å². The third kappa shape index (κ3) is 3.36. The monoisotopic (exact) mass is 580 g/mol. The number of β-lactam (4-membered cyclic amide) rings is 1. The second-order valence-electron chi connectivity index (χ2n) is 8.63. The minimum absolute atomic E-state index is 0.0233. The van der Waals surface area contributed by atoms with E-state index < -0.39 is 35.6 Å². The van der Waals surface area contributed by atoms with E-state index in [1.165, 1.54) is 23.1 Å². The van der Waals surface area contributed by atoms with E-state index in [1.807, 2.05) is 0 Å². The van der Waals surface area contributed by atoms with Crippen molar-refractivity contribution in [2.75, 3.05) is 11.7 Å². The van der Waals surface area contributed by atoms with E-state index in [2.05, 4.69) is 0 Å². The second kappa shape index (κ2) is 8.49. The van der Waals surface area contributed by atoms with Crippen molar-refractivity contribution in [3.05, 3.63) is 84.6 Å². The lowest BCUT2D eigenvalue weighted by molar-refractivity contribution is -0.130. The lowest BCUT2D eigenvalue weighted by Gasteiger charge is -2.50. The molecule has 6 rings (SSSR count). The molecule has 0 aromatic heterocycles. The predicted octanol–water partition coefficient (Wildman–Crippen LogP) is 6.23. The average molecular weight is 582 g/mol. The zero-order chi connectivity index (χ0) is 26.3. The van der Waals surface area contributed by atoms with Gasteiger partial charge in [0.05, 0.1) is 42.9 Å². The van der Waals surface area contributed by atoms with Gasteiger partial charge in [-0.3, -0.25) is 19.3 Å². The van der Waals surface area contributed by atoms with Gasteiger partial charge in [-0.15, -0.1) is 0 Å². The molecule has 2 atom stereocenters. The summed E-state index contributed by atoms with van der Waals surface area (Å²) in [6, 6.07) is 6.85. The van der Waals surface area contributed by atoms with Crippen molar-refractivity contribution in [1.82, 2.24) is 4.90 Å². The fraction of sp³-hybridized carbons (Fsp3) is 0.160. The molecule has 188 valence electrons. The Bertz CT molecular complexity index is 1530. The van der Waals surface area contributed by atoms with Crippen LogP contribution in [-0.4, -0.2) is 35.5 Å². The van der Waals surface area contributed by atoms with Gasteiger partial charge in [-0.2, -0.15) is 0 Å². The number of aryl methyl sites for hydroxylation is 1. The first-order chi connectivity index (χ1) is 17.6. The Labute approximate surface area is 229 Å². The molecule has 3 aliphatic heterocycles. The second-order valence-corrected chi connectivity index (χ2v) is 10.1. The molecule has 0 aliphatic carbocycles. The van der Waals surface area contributed by atoms with Gasteiger partial charge in [0, 0.05) is 0 Å². The highest BCUT2D eigenvalue weighted by atomic mass is 35.5. The number of halogens is 5. The zero-order valence-electron chi connectivity index (χ0n) is 18.7. The van der Waals surface area contributed by atoms with Gasteiger partial charge in [-0.25, -0.2) is 4.39 Å². The summed E-state index contributed by atoms with van der Waals surface area (Å²) in [4.78, 5) is 42.9. The number of imide groups is 1. The van der Waals surface area contributed by atoms with Crippen molar-refractivity contribution >= 4 is 69.8 Å². The van der Waals surface area contributed by atoms with Crippen LogP contribution in [0.5, 0.6) is 11.5 Å². The van der Waals surface area contributed by atoms with Crippen LogP contribution in [0.1, 0.15) is 37.9 Å². The van der Waals surface area contributed by atoms with Crippen LogP contribution in [0.25, 0.3) is 0 Å². The van der Waals surface area contributed by atoms with Gasteiger partial charge in [0.25, 0.3) is 17.7 Å². The largest absolute Gasteiger partial charge is 0.454 e. The number of rotatable bonds is 3. The normalized spacial score (nSPS) is 20.0. The summed E-state index contributed by atoms with van der Waals surface area (Å²) in [5.74, 6) is -1.91. The third-order valence-corrected chi connectivity index (χ3v) is 8.45. The standard InChI is InChI=1S/C25H13Cl4FN2O5/c1-9-2-4-11(30)7-12(9)31-21(10-3-5-13-14(6-10)37-8-36-13)22(25(31)35)32-23(33)15-16(24(32)34)18(27)20(29)19(28)17(15)26/h2-7,21-22H,8H2,1H3/t21-,22+/m1/s1. The number of nitrogens with zero attached hydrogens (tertiary/aromatic N) is 2. The van der Waals surface area contributed by atoms with Crippen molar-refractivity contribution in [2.45, 2.75) is 19.0 Å². The molecule has 1 saturated heterocycles. The van der Waals surface area contributed by atoms with E-state index in [0.717, 1.165) is 4.90 Å². The Balaban J connectivity index is 1.50.